The average molecular weight is 266 g/mol. The lowest BCUT2D eigenvalue weighted by Gasteiger charge is -2.08. The van der Waals surface area contributed by atoms with E-state index in [1.54, 1.807) is 35.4 Å². The lowest BCUT2D eigenvalue weighted by molar-refractivity contribution is 0.231. The Balaban J connectivity index is 1.96. The molecular formula is C12H14N2OS2. The van der Waals surface area contributed by atoms with Crippen LogP contribution in [0.25, 0.3) is 0 Å². The van der Waals surface area contributed by atoms with Gasteiger partial charge in [-0.2, -0.15) is 4.98 Å². The van der Waals surface area contributed by atoms with Gasteiger partial charge in [0.05, 0.1) is 16.1 Å². The molecule has 0 bridgehead atoms. The van der Waals surface area contributed by atoms with Crippen molar-refractivity contribution in [1.29, 1.82) is 0 Å². The smallest absolute Gasteiger partial charge is 0.216 e. The van der Waals surface area contributed by atoms with Crippen molar-refractivity contribution >= 4 is 23.1 Å². The minimum Gasteiger partial charge on any atom is -0.475 e. The Hall–Kier alpha value is -1.07. The normalized spacial score (nSPS) is 10.8. The van der Waals surface area contributed by atoms with Gasteiger partial charge in [-0.15, -0.1) is 23.1 Å². The van der Waals surface area contributed by atoms with Crippen molar-refractivity contribution in [2.75, 3.05) is 0 Å². The largest absolute Gasteiger partial charge is 0.475 e. The van der Waals surface area contributed by atoms with Crippen LogP contribution in [-0.2, 0) is 5.75 Å². The Kier molecular flexibility index (Phi) is 4.39. The first-order valence-corrected chi connectivity index (χ1v) is 7.25. The zero-order chi connectivity index (χ0) is 12.1. The predicted molar refractivity (Wildman–Crippen MR) is 71.7 cm³/mol. The number of hydrogen-bond acceptors (Lipinski definition) is 5. The number of rotatable bonds is 5. The molecule has 0 aliphatic rings. The summed E-state index contributed by atoms with van der Waals surface area (Å²) in [4.78, 5) is 8.60. The molecule has 0 aliphatic heterocycles. The summed E-state index contributed by atoms with van der Waals surface area (Å²) < 4.78 is 6.82. The van der Waals surface area contributed by atoms with E-state index in [9.17, 15) is 0 Å². The highest BCUT2D eigenvalue weighted by Crippen LogP contribution is 2.26. The Morgan fingerprint density at radius 3 is 3.00 bits per heavy atom. The van der Waals surface area contributed by atoms with E-state index in [1.807, 2.05) is 19.9 Å². The van der Waals surface area contributed by atoms with Gasteiger partial charge in [-0.3, -0.25) is 0 Å². The molecule has 0 atom stereocenters. The first kappa shape index (κ1) is 12.4. The maximum atomic E-state index is 5.53. The molecule has 0 N–H and O–H groups in total. The molecular weight excluding hydrogens is 252 g/mol. The van der Waals surface area contributed by atoms with Crippen LogP contribution < -0.4 is 4.74 Å². The molecule has 2 rings (SSSR count). The Bertz CT molecular complexity index is 457. The zero-order valence-corrected chi connectivity index (χ0v) is 11.4. The minimum atomic E-state index is 0.141. The van der Waals surface area contributed by atoms with Crippen LogP contribution >= 0.6 is 23.1 Å². The molecule has 2 aromatic heterocycles. The molecule has 2 heterocycles. The fourth-order valence-electron chi connectivity index (χ4n) is 1.24. The molecule has 2 aromatic rings. The number of aromatic nitrogens is 2. The van der Waals surface area contributed by atoms with Crippen LogP contribution in [0.1, 0.15) is 19.7 Å². The van der Waals surface area contributed by atoms with Gasteiger partial charge >= 0.3 is 0 Å². The molecule has 17 heavy (non-hydrogen) atoms. The van der Waals surface area contributed by atoms with E-state index in [1.165, 1.54) is 4.21 Å². The SMILES string of the molecule is CC(C)Oc1ccnc(CSc2cccs2)n1. The third-order valence-corrected chi connectivity index (χ3v) is 4.00. The first-order chi connectivity index (χ1) is 8.24. The number of hydrogen-bond donors (Lipinski definition) is 0. The standard InChI is InChI=1S/C12H14N2OS2/c1-9(2)15-11-5-6-13-10(14-11)8-17-12-4-3-7-16-12/h3-7,9H,8H2,1-2H3. The third-order valence-electron chi connectivity index (χ3n) is 1.87. The van der Waals surface area contributed by atoms with E-state index in [-0.39, 0.29) is 6.10 Å². The van der Waals surface area contributed by atoms with Gasteiger partial charge in [0.25, 0.3) is 0 Å². The summed E-state index contributed by atoms with van der Waals surface area (Å²) in [6, 6.07) is 5.94. The summed E-state index contributed by atoms with van der Waals surface area (Å²) in [5.41, 5.74) is 0. The average Bonchev–Trinajstić information content (AvgIpc) is 2.79. The topological polar surface area (TPSA) is 35.0 Å². The second-order valence-corrected chi connectivity index (χ2v) is 5.92. The maximum Gasteiger partial charge on any atom is 0.216 e. The number of thiophene rings is 1. The number of thioether (sulfide) groups is 1. The van der Waals surface area contributed by atoms with E-state index < -0.39 is 0 Å². The molecule has 0 aromatic carbocycles. The van der Waals surface area contributed by atoms with Gasteiger partial charge in [0.1, 0.15) is 5.82 Å². The quantitative estimate of drug-likeness (QED) is 0.774. The van der Waals surface area contributed by atoms with Crippen molar-refractivity contribution in [2.24, 2.45) is 0 Å². The van der Waals surface area contributed by atoms with Gasteiger partial charge in [0, 0.05) is 12.3 Å². The van der Waals surface area contributed by atoms with Gasteiger partial charge in [0.15, 0.2) is 0 Å². The van der Waals surface area contributed by atoms with Gasteiger partial charge in [-0.1, -0.05) is 6.07 Å². The van der Waals surface area contributed by atoms with Crippen molar-refractivity contribution in [2.45, 2.75) is 29.9 Å². The van der Waals surface area contributed by atoms with Crippen LogP contribution in [0.2, 0.25) is 0 Å². The van der Waals surface area contributed by atoms with Gasteiger partial charge < -0.3 is 4.74 Å². The molecule has 0 saturated carbocycles. The number of nitrogens with zero attached hydrogens (tertiary/aromatic N) is 2. The van der Waals surface area contributed by atoms with Crippen molar-refractivity contribution < 1.29 is 4.74 Å². The van der Waals surface area contributed by atoms with E-state index in [2.05, 4.69) is 21.4 Å². The molecule has 0 fully saturated rings. The van der Waals surface area contributed by atoms with Crippen molar-refractivity contribution in [3.8, 4) is 5.88 Å². The monoisotopic (exact) mass is 266 g/mol. The van der Waals surface area contributed by atoms with Crippen molar-refractivity contribution in [1.82, 2.24) is 9.97 Å². The first-order valence-electron chi connectivity index (χ1n) is 5.39. The van der Waals surface area contributed by atoms with Crippen LogP contribution in [-0.4, -0.2) is 16.1 Å². The molecule has 0 aliphatic carbocycles. The summed E-state index contributed by atoms with van der Waals surface area (Å²) in [5.74, 6) is 2.23. The third kappa shape index (κ3) is 4.02. The van der Waals surface area contributed by atoms with E-state index in [0.29, 0.717) is 5.88 Å². The zero-order valence-electron chi connectivity index (χ0n) is 9.79. The van der Waals surface area contributed by atoms with Gasteiger partial charge in [-0.05, 0) is 25.3 Å². The summed E-state index contributed by atoms with van der Waals surface area (Å²) in [6.45, 7) is 3.98. The van der Waals surface area contributed by atoms with E-state index in [0.717, 1.165) is 11.6 Å². The molecule has 0 amide bonds. The Morgan fingerprint density at radius 2 is 2.29 bits per heavy atom. The molecule has 5 heteroatoms. The highest BCUT2D eigenvalue weighted by atomic mass is 32.2. The van der Waals surface area contributed by atoms with E-state index >= 15 is 0 Å². The molecule has 0 saturated heterocycles. The molecule has 3 nitrogen and oxygen atoms in total. The van der Waals surface area contributed by atoms with Crippen LogP contribution in [0.4, 0.5) is 0 Å². The molecule has 0 unspecified atom stereocenters. The summed E-state index contributed by atoms with van der Waals surface area (Å²) >= 11 is 3.48. The summed E-state index contributed by atoms with van der Waals surface area (Å²) in [7, 11) is 0. The second-order valence-electron chi connectivity index (χ2n) is 3.70. The van der Waals surface area contributed by atoms with Crippen LogP contribution in [0, 0.1) is 0 Å². The molecule has 0 radical (unpaired) electrons. The van der Waals surface area contributed by atoms with Crippen LogP contribution in [0.15, 0.2) is 34.0 Å². The van der Waals surface area contributed by atoms with Crippen LogP contribution in [0.5, 0.6) is 5.88 Å². The highest BCUT2D eigenvalue weighted by Gasteiger charge is 2.03. The lowest BCUT2D eigenvalue weighted by atomic mass is 10.5. The molecule has 0 spiro atoms. The summed E-state index contributed by atoms with van der Waals surface area (Å²) in [6.07, 6.45) is 1.89. The Morgan fingerprint density at radius 1 is 1.41 bits per heavy atom. The molecule has 90 valence electrons. The van der Waals surface area contributed by atoms with Crippen molar-refractivity contribution in [3.63, 3.8) is 0 Å². The fourth-order valence-corrected chi connectivity index (χ4v) is 2.89. The van der Waals surface area contributed by atoms with E-state index in [4.69, 9.17) is 4.74 Å². The lowest BCUT2D eigenvalue weighted by Crippen LogP contribution is -2.08. The van der Waals surface area contributed by atoms with Gasteiger partial charge in [0.2, 0.25) is 5.88 Å². The van der Waals surface area contributed by atoms with Crippen molar-refractivity contribution in [3.05, 3.63) is 35.6 Å². The number of ether oxygens (including phenoxy) is 1. The second kappa shape index (κ2) is 6.02. The maximum absolute atomic E-state index is 5.53. The Labute approximate surface area is 109 Å². The fraction of sp³-hybridized carbons (Fsp3) is 0.333. The highest BCUT2D eigenvalue weighted by molar-refractivity contribution is 8.00. The van der Waals surface area contributed by atoms with Gasteiger partial charge in [-0.25, -0.2) is 4.98 Å². The van der Waals surface area contributed by atoms with Crippen LogP contribution in [0.3, 0.4) is 0 Å². The minimum absolute atomic E-state index is 0.141. The predicted octanol–water partition coefficient (Wildman–Crippen LogP) is 3.62. The summed E-state index contributed by atoms with van der Waals surface area (Å²) in [5, 5.41) is 2.07.